The number of ether oxygens (including phenoxy) is 1. The molecule has 132 valence electrons. The van der Waals surface area contributed by atoms with Crippen molar-refractivity contribution in [2.75, 3.05) is 19.6 Å². The predicted molar refractivity (Wildman–Crippen MR) is 95.4 cm³/mol. The van der Waals surface area contributed by atoms with Crippen LogP contribution in [-0.4, -0.2) is 30.6 Å². The molecule has 1 aliphatic rings. The van der Waals surface area contributed by atoms with Gasteiger partial charge in [-0.05, 0) is 50.2 Å². The van der Waals surface area contributed by atoms with E-state index in [0.29, 0.717) is 16.3 Å². The van der Waals surface area contributed by atoms with Gasteiger partial charge in [-0.1, -0.05) is 35.9 Å². The van der Waals surface area contributed by atoms with E-state index in [1.54, 1.807) is 36.4 Å². The van der Waals surface area contributed by atoms with E-state index in [4.69, 9.17) is 16.3 Å². The highest BCUT2D eigenvalue weighted by Crippen LogP contribution is 2.31. The lowest BCUT2D eigenvalue weighted by Crippen LogP contribution is -2.38. The van der Waals surface area contributed by atoms with E-state index in [2.05, 4.69) is 10.2 Å². The summed E-state index contributed by atoms with van der Waals surface area (Å²) < 4.78 is 19.6. The number of hydrogen-bond donors (Lipinski definition) is 1. The second-order valence-electron chi connectivity index (χ2n) is 5.98. The second kappa shape index (κ2) is 8.32. The van der Waals surface area contributed by atoms with Crippen LogP contribution in [0.4, 0.5) is 9.18 Å². The van der Waals surface area contributed by atoms with Crippen LogP contribution in [0, 0.1) is 5.82 Å². The Labute approximate surface area is 151 Å². The van der Waals surface area contributed by atoms with Crippen molar-refractivity contribution in [2.24, 2.45) is 0 Å². The number of nitrogens with one attached hydrogen (secondary N) is 1. The van der Waals surface area contributed by atoms with Crippen molar-refractivity contribution in [3.05, 3.63) is 64.9 Å². The Morgan fingerprint density at radius 3 is 2.56 bits per heavy atom. The Balaban J connectivity index is 1.71. The van der Waals surface area contributed by atoms with Crippen molar-refractivity contribution >= 4 is 17.7 Å². The first-order valence-corrected chi connectivity index (χ1v) is 8.71. The number of para-hydroxylation sites is 1. The third-order valence-electron chi connectivity index (χ3n) is 4.31. The molecule has 1 N–H and O–H groups in total. The van der Waals surface area contributed by atoms with Gasteiger partial charge in [0.1, 0.15) is 11.6 Å². The van der Waals surface area contributed by atoms with Gasteiger partial charge in [0.25, 0.3) is 0 Å². The molecule has 3 rings (SSSR count). The summed E-state index contributed by atoms with van der Waals surface area (Å²) in [5.41, 5.74) is 0.422. The molecule has 6 heteroatoms. The second-order valence-corrected chi connectivity index (χ2v) is 6.38. The van der Waals surface area contributed by atoms with Crippen LogP contribution in [0.2, 0.25) is 5.02 Å². The summed E-state index contributed by atoms with van der Waals surface area (Å²) >= 11 is 6.24. The highest BCUT2D eigenvalue weighted by Gasteiger charge is 2.28. The minimum atomic E-state index is -0.567. The van der Waals surface area contributed by atoms with E-state index < -0.39 is 6.09 Å². The molecule has 2 aromatic carbocycles. The minimum Gasteiger partial charge on any atom is -0.410 e. The molecular formula is C19H20ClFN2O2. The first kappa shape index (κ1) is 17.7. The van der Waals surface area contributed by atoms with Crippen LogP contribution in [0.5, 0.6) is 5.75 Å². The number of carbonyl (C=O) groups excluding carboxylic acids is 1. The molecule has 0 radical (unpaired) electrons. The fraction of sp³-hybridized carbons (Fsp3) is 0.316. The van der Waals surface area contributed by atoms with Crippen molar-refractivity contribution in [1.82, 2.24) is 10.2 Å². The van der Waals surface area contributed by atoms with Gasteiger partial charge >= 0.3 is 6.09 Å². The largest absolute Gasteiger partial charge is 0.412 e. The molecule has 1 aliphatic heterocycles. The molecule has 0 bridgehead atoms. The van der Waals surface area contributed by atoms with Gasteiger partial charge in [-0.2, -0.15) is 0 Å². The van der Waals surface area contributed by atoms with E-state index in [-0.39, 0.29) is 18.4 Å². The number of carbonyl (C=O) groups is 1. The number of hydrogen-bond acceptors (Lipinski definition) is 3. The van der Waals surface area contributed by atoms with Crippen LogP contribution in [0.3, 0.4) is 0 Å². The van der Waals surface area contributed by atoms with Crippen LogP contribution in [0.15, 0.2) is 48.5 Å². The van der Waals surface area contributed by atoms with E-state index in [0.717, 1.165) is 25.9 Å². The van der Waals surface area contributed by atoms with Crippen LogP contribution in [0.1, 0.15) is 24.4 Å². The van der Waals surface area contributed by atoms with Gasteiger partial charge in [0, 0.05) is 17.1 Å². The lowest BCUT2D eigenvalue weighted by molar-refractivity contribution is 0.188. The van der Waals surface area contributed by atoms with Crippen molar-refractivity contribution < 1.29 is 13.9 Å². The smallest absolute Gasteiger partial charge is 0.410 e. The highest BCUT2D eigenvalue weighted by molar-refractivity contribution is 6.31. The predicted octanol–water partition coefficient (Wildman–Crippen LogP) is 4.40. The molecule has 0 saturated carbocycles. The number of halogens is 2. The maximum atomic E-state index is 14.4. The summed E-state index contributed by atoms with van der Waals surface area (Å²) in [5, 5.41) is 3.10. The Bertz CT molecular complexity index is 700. The molecule has 0 aromatic heterocycles. The van der Waals surface area contributed by atoms with Gasteiger partial charge < -0.3 is 10.1 Å². The standard InChI is InChI=1S/C19H20ClFN2O2/c20-15-9-6-10-16(21)18(15)17(23-11-4-5-12-23)13-22-19(24)25-14-7-2-1-3-8-14/h1-3,6-10,17H,4-5,11-13H2,(H,22,24). The van der Waals surface area contributed by atoms with Crippen LogP contribution >= 0.6 is 11.6 Å². The Kier molecular flexibility index (Phi) is 5.89. The number of nitrogens with zero attached hydrogens (tertiary/aromatic N) is 1. The quantitative estimate of drug-likeness (QED) is 0.856. The number of rotatable bonds is 5. The van der Waals surface area contributed by atoms with E-state index in [1.165, 1.54) is 6.07 Å². The van der Waals surface area contributed by atoms with Gasteiger partial charge in [-0.3, -0.25) is 4.90 Å². The molecule has 1 saturated heterocycles. The summed E-state index contributed by atoms with van der Waals surface area (Å²) in [6.07, 6.45) is 1.54. The van der Waals surface area contributed by atoms with Crippen molar-refractivity contribution in [3.63, 3.8) is 0 Å². The molecule has 25 heavy (non-hydrogen) atoms. The van der Waals surface area contributed by atoms with Gasteiger partial charge in [-0.15, -0.1) is 0 Å². The van der Waals surface area contributed by atoms with Crippen molar-refractivity contribution in [1.29, 1.82) is 0 Å². The van der Waals surface area contributed by atoms with Crippen LogP contribution in [-0.2, 0) is 0 Å². The molecule has 0 spiro atoms. The topological polar surface area (TPSA) is 41.6 Å². The monoisotopic (exact) mass is 362 g/mol. The Morgan fingerprint density at radius 1 is 1.16 bits per heavy atom. The average molecular weight is 363 g/mol. The molecule has 1 unspecified atom stereocenters. The summed E-state index contributed by atoms with van der Waals surface area (Å²) in [6, 6.07) is 13.1. The maximum Gasteiger partial charge on any atom is 0.412 e. The molecular weight excluding hydrogens is 343 g/mol. The summed E-state index contributed by atoms with van der Waals surface area (Å²) in [7, 11) is 0. The fourth-order valence-electron chi connectivity index (χ4n) is 3.11. The van der Waals surface area contributed by atoms with Crippen LogP contribution in [0.25, 0.3) is 0 Å². The molecule has 1 atom stereocenters. The molecule has 0 aliphatic carbocycles. The number of amides is 1. The van der Waals surface area contributed by atoms with Gasteiger partial charge in [0.05, 0.1) is 6.04 Å². The maximum absolute atomic E-state index is 14.4. The zero-order chi connectivity index (χ0) is 17.6. The lowest BCUT2D eigenvalue weighted by atomic mass is 10.0. The SMILES string of the molecule is O=C(NCC(c1c(F)cccc1Cl)N1CCCC1)Oc1ccccc1. The number of benzene rings is 2. The van der Waals surface area contributed by atoms with Crippen LogP contribution < -0.4 is 10.1 Å². The normalized spacial score (nSPS) is 15.8. The van der Waals surface area contributed by atoms with E-state index >= 15 is 0 Å². The zero-order valence-electron chi connectivity index (χ0n) is 13.8. The molecule has 1 amide bonds. The summed E-state index contributed by atoms with van der Waals surface area (Å²) in [6.45, 7) is 1.93. The third-order valence-corrected chi connectivity index (χ3v) is 4.64. The summed E-state index contributed by atoms with van der Waals surface area (Å²) in [4.78, 5) is 14.2. The van der Waals surface area contributed by atoms with Gasteiger partial charge in [0.2, 0.25) is 0 Å². The zero-order valence-corrected chi connectivity index (χ0v) is 14.5. The van der Waals surface area contributed by atoms with E-state index in [1.807, 2.05) is 6.07 Å². The third kappa shape index (κ3) is 4.50. The lowest BCUT2D eigenvalue weighted by Gasteiger charge is -2.29. The van der Waals surface area contributed by atoms with Crippen molar-refractivity contribution in [3.8, 4) is 5.75 Å². The summed E-state index contributed by atoms with van der Waals surface area (Å²) in [5.74, 6) is 0.101. The molecule has 4 nitrogen and oxygen atoms in total. The molecule has 1 fully saturated rings. The molecule has 2 aromatic rings. The fourth-order valence-corrected chi connectivity index (χ4v) is 3.40. The average Bonchev–Trinajstić information content (AvgIpc) is 3.12. The van der Waals surface area contributed by atoms with Gasteiger partial charge in [0.15, 0.2) is 0 Å². The van der Waals surface area contributed by atoms with Gasteiger partial charge in [-0.25, -0.2) is 9.18 Å². The Morgan fingerprint density at radius 2 is 1.88 bits per heavy atom. The highest BCUT2D eigenvalue weighted by atomic mass is 35.5. The van der Waals surface area contributed by atoms with E-state index in [9.17, 15) is 9.18 Å². The first-order valence-electron chi connectivity index (χ1n) is 8.34. The van der Waals surface area contributed by atoms with Crippen molar-refractivity contribution in [2.45, 2.75) is 18.9 Å². The molecule has 1 heterocycles. The Hall–Kier alpha value is -2.11. The first-order chi connectivity index (χ1) is 12.1. The number of likely N-dealkylation sites (tertiary alicyclic amines) is 1. The minimum absolute atomic E-state index is 0.228.